The van der Waals surface area contributed by atoms with Gasteiger partial charge >= 0.3 is 17.9 Å². The summed E-state index contributed by atoms with van der Waals surface area (Å²) in [6.07, 6.45) is 0. The van der Waals surface area contributed by atoms with Gasteiger partial charge in [0.15, 0.2) is 5.57 Å². The lowest BCUT2D eigenvalue weighted by atomic mass is 9.99. The molecule has 0 saturated heterocycles. The smallest absolute Gasteiger partial charge is 0.351 e. The zero-order valence-corrected chi connectivity index (χ0v) is 15.1. The number of ether oxygens (including phenoxy) is 4. The largest absolute Gasteiger partial charge is 0.497 e. The molecule has 27 heavy (non-hydrogen) atoms. The number of esters is 3. The van der Waals surface area contributed by atoms with Crippen LogP contribution in [0.2, 0.25) is 0 Å². The van der Waals surface area contributed by atoms with Gasteiger partial charge in [0.25, 0.3) is 0 Å². The number of methoxy groups -OCH3 is 3. The van der Waals surface area contributed by atoms with Crippen LogP contribution >= 0.6 is 0 Å². The molecule has 0 aliphatic carbocycles. The molecule has 0 N–H and O–H groups in total. The van der Waals surface area contributed by atoms with Gasteiger partial charge in [-0.3, -0.25) is 0 Å². The Hall–Kier alpha value is -3.61. The van der Waals surface area contributed by atoms with Gasteiger partial charge in [-0.1, -0.05) is 30.3 Å². The number of hydrogen-bond donors (Lipinski definition) is 0. The van der Waals surface area contributed by atoms with Crippen LogP contribution in [0.25, 0.3) is 5.57 Å². The van der Waals surface area contributed by atoms with E-state index in [1.165, 1.54) is 19.2 Å². The van der Waals surface area contributed by atoms with Crippen LogP contribution in [-0.2, 0) is 23.9 Å². The predicted octanol–water partition coefficient (Wildman–Crippen LogP) is 2.40. The van der Waals surface area contributed by atoms with Crippen molar-refractivity contribution >= 4 is 23.5 Å². The summed E-state index contributed by atoms with van der Waals surface area (Å²) in [7, 11) is 3.75. The first-order chi connectivity index (χ1) is 13.0. The van der Waals surface area contributed by atoms with Crippen LogP contribution < -0.4 is 9.47 Å². The third kappa shape index (κ3) is 4.72. The molecule has 0 radical (unpaired) electrons. The second-order valence-electron chi connectivity index (χ2n) is 5.16. The lowest BCUT2D eigenvalue weighted by Crippen LogP contribution is -2.24. The molecule has 2 aromatic carbocycles. The highest BCUT2D eigenvalue weighted by Crippen LogP contribution is 2.24. The maximum Gasteiger partial charge on any atom is 0.351 e. The van der Waals surface area contributed by atoms with E-state index in [2.05, 4.69) is 4.74 Å². The van der Waals surface area contributed by atoms with Gasteiger partial charge in [0.05, 0.1) is 26.9 Å². The summed E-state index contributed by atoms with van der Waals surface area (Å²) in [5, 5.41) is 0. The van der Waals surface area contributed by atoms with E-state index in [1.54, 1.807) is 42.5 Å². The molecule has 0 aliphatic rings. The minimum Gasteiger partial charge on any atom is -0.497 e. The Labute approximate surface area is 156 Å². The molecule has 7 heteroatoms. The van der Waals surface area contributed by atoms with Crippen LogP contribution in [0.4, 0.5) is 0 Å². The van der Waals surface area contributed by atoms with E-state index in [0.717, 1.165) is 14.2 Å². The highest BCUT2D eigenvalue weighted by Gasteiger charge is 2.31. The van der Waals surface area contributed by atoms with Crippen molar-refractivity contribution in [3.63, 3.8) is 0 Å². The first-order valence-corrected chi connectivity index (χ1v) is 7.84. The van der Waals surface area contributed by atoms with E-state index in [-0.39, 0.29) is 11.3 Å². The van der Waals surface area contributed by atoms with E-state index < -0.39 is 23.5 Å². The Balaban J connectivity index is 2.52. The lowest BCUT2D eigenvalue weighted by Gasteiger charge is -2.12. The highest BCUT2D eigenvalue weighted by atomic mass is 16.6. The van der Waals surface area contributed by atoms with E-state index in [4.69, 9.17) is 14.2 Å². The molecule has 0 bridgehead atoms. The van der Waals surface area contributed by atoms with Crippen molar-refractivity contribution in [3.05, 3.63) is 65.7 Å². The van der Waals surface area contributed by atoms with E-state index >= 15 is 0 Å². The predicted molar refractivity (Wildman–Crippen MR) is 96.0 cm³/mol. The fraction of sp³-hybridized carbons (Fsp3) is 0.150. The third-order valence-electron chi connectivity index (χ3n) is 3.57. The van der Waals surface area contributed by atoms with Gasteiger partial charge in [0.1, 0.15) is 11.5 Å². The molecular weight excluding hydrogens is 352 g/mol. The van der Waals surface area contributed by atoms with Crippen molar-refractivity contribution in [1.29, 1.82) is 0 Å². The number of rotatable bonds is 6. The molecule has 0 atom stereocenters. The Kier molecular flexibility index (Phi) is 6.71. The van der Waals surface area contributed by atoms with E-state index in [0.29, 0.717) is 11.3 Å². The molecular formula is C20H18O7. The standard InChI is InChI=1S/C20H18O7/c1-24-14-9-11-15(12-10-14)27-20(23)17(19(22)26-3)16(18(21)25-2)13-7-5-4-6-8-13/h4-12H,1-3H3/b17-16-. The van der Waals surface area contributed by atoms with Gasteiger partial charge in [-0.25, -0.2) is 14.4 Å². The Bertz CT molecular complexity index is 852. The molecule has 0 amide bonds. The van der Waals surface area contributed by atoms with Crippen LogP contribution in [0.3, 0.4) is 0 Å². The summed E-state index contributed by atoms with van der Waals surface area (Å²) in [5.41, 5.74) is -0.494. The number of carbonyl (C=O) groups is 3. The van der Waals surface area contributed by atoms with Crippen LogP contribution in [0.5, 0.6) is 11.5 Å². The monoisotopic (exact) mass is 370 g/mol. The second-order valence-corrected chi connectivity index (χ2v) is 5.16. The Morgan fingerprint density at radius 1 is 0.667 bits per heavy atom. The van der Waals surface area contributed by atoms with Gasteiger partial charge in [-0.15, -0.1) is 0 Å². The summed E-state index contributed by atoms with van der Waals surface area (Å²) in [6, 6.07) is 14.3. The van der Waals surface area contributed by atoms with Gasteiger partial charge < -0.3 is 18.9 Å². The fourth-order valence-electron chi connectivity index (χ4n) is 2.26. The molecule has 0 aliphatic heterocycles. The lowest BCUT2D eigenvalue weighted by molar-refractivity contribution is -0.142. The molecule has 140 valence electrons. The van der Waals surface area contributed by atoms with E-state index in [1.807, 2.05) is 0 Å². The summed E-state index contributed by atoms with van der Waals surface area (Å²) < 4.78 is 19.7. The topological polar surface area (TPSA) is 88.1 Å². The molecule has 2 rings (SSSR count). The van der Waals surface area contributed by atoms with Crippen molar-refractivity contribution in [2.45, 2.75) is 0 Å². The summed E-state index contributed by atoms with van der Waals surface area (Å²) >= 11 is 0. The average molecular weight is 370 g/mol. The third-order valence-corrected chi connectivity index (χ3v) is 3.57. The van der Waals surface area contributed by atoms with Gasteiger partial charge in [0, 0.05) is 0 Å². The minimum absolute atomic E-state index is 0.166. The normalized spacial score (nSPS) is 11.1. The van der Waals surface area contributed by atoms with Gasteiger partial charge in [-0.05, 0) is 29.8 Å². The molecule has 0 spiro atoms. The van der Waals surface area contributed by atoms with Crippen molar-refractivity contribution in [1.82, 2.24) is 0 Å². The fourth-order valence-corrected chi connectivity index (χ4v) is 2.26. The van der Waals surface area contributed by atoms with Crippen molar-refractivity contribution in [2.75, 3.05) is 21.3 Å². The number of carbonyl (C=O) groups excluding carboxylic acids is 3. The molecule has 0 unspecified atom stereocenters. The maximum atomic E-state index is 12.7. The van der Waals surface area contributed by atoms with Crippen LogP contribution in [-0.4, -0.2) is 39.2 Å². The van der Waals surface area contributed by atoms with Crippen LogP contribution in [0, 0.1) is 0 Å². The van der Waals surface area contributed by atoms with Gasteiger partial charge in [0.2, 0.25) is 0 Å². The maximum absolute atomic E-state index is 12.7. The van der Waals surface area contributed by atoms with Crippen molar-refractivity contribution < 1.29 is 33.3 Å². The summed E-state index contributed by atoms with van der Waals surface area (Å²) in [5.74, 6) is -2.19. The van der Waals surface area contributed by atoms with Crippen LogP contribution in [0.1, 0.15) is 5.56 Å². The summed E-state index contributed by atoms with van der Waals surface area (Å²) in [6.45, 7) is 0. The SMILES string of the molecule is COC(=O)/C(C(=O)Oc1ccc(OC)cc1)=C(/C(=O)OC)c1ccccc1. The zero-order valence-electron chi connectivity index (χ0n) is 15.1. The highest BCUT2D eigenvalue weighted by molar-refractivity contribution is 6.32. The van der Waals surface area contributed by atoms with Gasteiger partial charge in [-0.2, -0.15) is 0 Å². The number of hydrogen-bond acceptors (Lipinski definition) is 7. The van der Waals surface area contributed by atoms with E-state index in [9.17, 15) is 14.4 Å². The second kappa shape index (κ2) is 9.19. The first kappa shape index (κ1) is 19.7. The Morgan fingerprint density at radius 2 is 1.22 bits per heavy atom. The Morgan fingerprint density at radius 3 is 1.74 bits per heavy atom. The zero-order chi connectivity index (χ0) is 19.8. The van der Waals surface area contributed by atoms with Crippen molar-refractivity contribution in [2.24, 2.45) is 0 Å². The van der Waals surface area contributed by atoms with Crippen molar-refractivity contribution in [3.8, 4) is 11.5 Å². The van der Waals surface area contributed by atoms with Crippen LogP contribution in [0.15, 0.2) is 60.2 Å². The molecule has 2 aromatic rings. The number of benzene rings is 2. The molecule has 0 fully saturated rings. The molecule has 0 heterocycles. The first-order valence-electron chi connectivity index (χ1n) is 7.84. The summed E-state index contributed by atoms with van der Waals surface area (Å²) in [4.78, 5) is 37.3. The minimum atomic E-state index is -1.05. The quantitative estimate of drug-likeness (QED) is 0.254. The average Bonchev–Trinajstić information content (AvgIpc) is 2.71. The molecule has 0 saturated carbocycles. The molecule has 7 nitrogen and oxygen atoms in total. The molecule has 0 aromatic heterocycles.